The molecule has 2 rings (SSSR count). The van der Waals surface area contributed by atoms with E-state index in [4.69, 9.17) is 0 Å². The number of phenolic OH excluding ortho intramolecular Hbond substituents is 2. The number of hydrogen-bond donors (Lipinski definition) is 4. The molecule has 1 aromatic carbocycles. The van der Waals surface area contributed by atoms with E-state index >= 15 is 0 Å². The predicted octanol–water partition coefficient (Wildman–Crippen LogP) is 3.41. The van der Waals surface area contributed by atoms with Crippen molar-refractivity contribution in [1.29, 1.82) is 0 Å². The highest BCUT2D eigenvalue weighted by Crippen LogP contribution is 2.36. The Balaban J connectivity index is 2.48. The largest absolute Gasteiger partial charge is 0.506 e. The number of benzene rings is 1. The highest BCUT2D eigenvalue weighted by molar-refractivity contribution is 6.01. The third-order valence-corrected chi connectivity index (χ3v) is 4.50. The van der Waals surface area contributed by atoms with Gasteiger partial charge in [0.2, 0.25) is 0 Å². The average molecular weight is 345 g/mol. The van der Waals surface area contributed by atoms with Crippen LogP contribution >= 0.6 is 0 Å². The Morgan fingerprint density at radius 1 is 1.16 bits per heavy atom. The summed E-state index contributed by atoms with van der Waals surface area (Å²) >= 11 is 0. The maximum atomic E-state index is 12.7. The van der Waals surface area contributed by atoms with E-state index in [0.717, 1.165) is 6.42 Å². The van der Waals surface area contributed by atoms with E-state index < -0.39 is 23.0 Å². The second-order valence-electron chi connectivity index (χ2n) is 6.47. The minimum atomic E-state index is -0.648. The van der Waals surface area contributed by atoms with Crippen LogP contribution in [0.5, 0.6) is 17.2 Å². The van der Waals surface area contributed by atoms with Crippen molar-refractivity contribution in [3.05, 3.63) is 40.3 Å². The highest BCUT2D eigenvalue weighted by atomic mass is 16.3. The van der Waals surface area contributed by atoms with Crippen LogP contribution in [-0.4, -0.2) is 26.1 Å². The van der Waals surface area contributed by atoms with E-state index in [1.807, 2.05) is 13.8 Å². The molecule has 0 radical (unpaired) electrons. The lowest BCUT2D eigenvalue weighted by molar-refractivity contribution is 0.0909. The van der Waals surface area contributed by atoms with Gasteiger partial charge >= 0.3 is 0 Å². The number of ketones is 1. The molecular formula is C19H23NO5. The van der Waals surface area contributed by atoms with Gasteiger partial charge in [-0.1, -0.05) is 33.3 Å². The van der Waals surface area contributed by atoms with Gasteiger partial charge in [-0.05, 0) is 30.0 Å². The van der Waals surface area contributed by atoms with Gasteiger partial charge in [0.25, 0.3) is 5.56 Å². The van der Waals surface area contributed by atoms with Gasteiger partial charge in [0.05, 0.1) is 0 Å². The first-order valence-corrected chi connectivity index (χ1v) is 8.27. The molecule has 0 aliphatic heterocycles. The molecule has 6 heteroatoms. The molecule has 1 aromatic heterocycles. The van der Waals surface area contributed by atoms with Crippen molar-refractivity contribution in [2.75, 3.05) is 0 Å². The van der Waals surface area contributed by atoms with Crippen LogP contribution in [0.2, 0.25) is 0 Å². The van der Waals surface area contributed by atoms with Gasteiger partial charge in [-0.25, -0.2) is 0 Å². The summed E-state index contributed by atoms with van der Waals surface area (Å²) in [6.07, 6.45) is 2.82. The third kappa shape index (κ3) is 3.84. The Labute approximate surface area is 145 Å². The average Bonchev–Trinajstić information content (AvgIpc) is 2.57. The van der Waals surface area contributed by atoms with Gasteiger partial charge in [0.15, 0.2) is 17.3 Å². The molecule has 4 N–H and O–H groups in total. The Hall–Kier alpha value is -2.76. The standard InChI is InChI=1S/C19H23NO5/c1-4-10(2)7-11(3)17(23)16-18(24)13(9-20-19(16)25)12-5-6-14(21)15(22)8-12/h5-6,8-11,21-22H,4,7H2,1-3H3,(H2,20,24,25)/t10-,11-/m0/s1. The van der Waals surface area contributed by atoms with Gasteiger partial charge in [-0.3, -0.25) is 9.59 Å². The van der Waals surface area contributed by atoms with Gasteiger partial charge < -0.3 is 20.3 Å². The summed E-state index contributed by atoms with van der Waals surface area (Å²) in [4.78, 5) is 27.3. The molecule has 0 aliphatic rings. The number of Topliss-reactive ketones (excluding diaryl/α,β-unsaturated/α-hetero) is 1. The number of rotatable bonds is 6. The third-order valence-electron chi connectivity index (χ3n) is 4.50. The topological polar surface area (TPSA) is 111 Å². The molecule has 0 bridgehead atoms. The van der Waals surface area contributed by atoms with Crippen molar-refractivity contribution in [2.45, 2.75) is 33.6 Å². The Bertz CT molecular complexity index is 840. The molecule has 2 atom stereocenters. The van der Waals surface area contributed by atoms with Gasteiger partial charge in [-0.2, -0.15) is 0 Å². The predicted molar refractivity (Wildman–Crippen MR) is 95.1 cm³/mol. The van der Waals surface area contributed by atoms with Crippen LogP contribution in [-0.2, 0) is 0 Å². The van der Waals surface area contributed by atoms with Crippen LogP contribution in [0.1, 0.15) is 44.0 Å². The number of aromatic nitrogens is 1. The quantitative estimate of drug-likeness (QED) is 0.474. The van der Waals surface area contributed by atoms with Crippen LogP contribution in [0.3, 0.4) is 0 Å². The number of carbonyl (C=O) groups is 1. The number of carbonyl (C=O) groups excluding carboxylic acids is 1. The molecule has 0 spiro atoms. The number of hydrogen-bond acceptors (Lipinski definition) is 5. The molecule has 2 aromatic rings. The zero-order valence-corrected chi connectivity index (χ0v) is 14.5. The normalized spacial score (nSPS) is 13.4. The number of nitrogens with one attached hydrogen (secondary N) is 1. The molecule has 134 valence electrons. The molecule has 0 saturated carbocycles. The smallest absolute Gasteiger partial charge is 0.262 e. The Kier molecular flexibility index (Phi) is 5.51. The summed E-state index contributed by atoms with van der Waals surface area (Å²) in [6.45, 7) is 5.81. The van der Waals surface area contributed by atoms with Crippen LogP contribution in [0.25, 0.3) is 11.1 Å². The van der Waals surface area contributed by atoms with E-state index in [-0.39, 0.29) is 22.6 Å². The van der Waals surface area contributed by atoms with Crippen molar-refractivity contribution in [3.63, 3.8) is 0 Å². The van der Waals surface area contributed by atoms with E-state index in [0.29, 0.717) is 17.9 Å². The second-order valence-corrected chi connectivity index (χ2v) is 6.47. The molecular weight excluding hydrogens is 322 g/mol. The lowest BCUT2D eigenvalue weighted by atomic mass is 9.88. The molecule has 25 heavy (non-hydrogen) atoms. The van der Waals surface area contributed by atoms with Gasteiger partial charge in [-0.15, -0.1) is 0 Å². The maximum absolute atomic E-state index is 12.7. The molecule has 6 nitrogen and oxygen atoms in total. The summed E-state index contributed by atoms with van der Waals surface area (Å²) in [6, 6.07) is 3.99. The van der Waals surface area contributed by atoms with Crippen LogP contribution in [0.4, 0.5) is 0 Å². The number of H-pyrrole nitrogens is 1. The zero-order valence-electron chi connectivity index (χ0n) is 14.5. The monoisotopic (exact) mass is 345 g/mol. The first kappa shape index (κ1) is 18.6. The fraction of sp³-hybridized carbons (Fsp3) is 0.368. The molecule has 0 fully saturated rings. The van der Waals surface area contributed by atoms with Crippen molar-refractivity contribution in [3.8, 4) is 28.4 Å². The number of pyridine rings is 1. The number of aromatic amines is 1. The summed E-state index contributed by atoms with van der Waals surface area (Å²) in [7, 11) is 0. The Morgan fingerprint density at radius 2 is 1.84 bits per heavy atom. The van der Waals surface area contributed by atoms with Crippen LogP contribution in [0, 0.1) is 11.8 Å². The number of aromatic hydroxyl groups is 3. The maximum Gasteiger partial charge on any atom is 0.262 e. The summed E-state index contributed by atoms with van der Waals surface area (Å²) in [5, 5.41) is 29.5. The van der Waals surface area contributed by atoms with Gasteiger partial charge in [0.1, 0.15) is 11.3 Å². The van der Waals surface area contributed by atoms with E-state index in [1.165, 1.54) is 24.4 Å². The molecule has 1 heterocycles. The molecule has 0 amide bonds. The fourth-order valence-corrected chi connectivity index (χ4v) is 2.78. The highest BCUT2D eigenvalue weighted by Gasteiger charge is 2.25. The van der Waals surface area contributed by atoms with Crippen molar-refractivity contribution in [2.24, 2.45) is 11.8 Å². The lowest BCUT2D eigenvalue weighted by Gasteiger charge is -2.16. The first-order chi connectivity index (χ1) is 11.8. The summed E-state index contributed by atoms with van der Waals surface area (Å²) in [5.74, 6) is -1.56. The van der Waals surface area contributed by atoms with Crippen molar-refractivity contribution >= 4 is 5.78 Å². The van der Waals surface area contributed by atoms with E-state index in [9.17, 15) is 24.9 Å². The van der Waals surface area contributed by atoms with Crippen molar-refractivity contribution < 1.29 is 20.1 Å². The van der Waals surface area contributed by atoms with E-state index in [2.05, 4.69) is 4.98 Å². The fourth-order valence-electron chi connectivity index (χ4n) is 2.78. The molecule has 0 saturated heterocycles. The Morgan fingerprint density at radius 3 is 2.44 bits per heavy atom. The van der Waals surface area contributed by atoms with Gasteiger partial charge in [0, 0.05) is 17.7 Å². The molecule has 0 aliphatic carbocycles. The van der Waals surface area contributed by atoms with Crippen LogP contribution in [0.15, 0.2) is 29.2 Å². The lowest BCUT2D eigenvalue weighted by Crippen LogP contribution is -2.23. The zero-order chi connectivity index (χ0) is 18.7. The second kappa shape index (κ2) is 7.42. The minimum absolute atomic E-state index is 0.203. The molecule has 0 unspecified atom stereocenters. The summed E-state index contributed by atoms with van der Waals surface area (Å²) in [5.41, 5.74) is -0.354. The first-order valence-electron chi connectivity index (χ1n) is 8.27. The van der Waals surface area contributed by atoms with Crippen LogP contribution < -0.4 is 5.56 Å². The SMILES string of the molecule is CC[C@H](C)C[C@H](C)C(=O)c1c(O)c(-c2ccc(O)c(O)c2)c[nH]c1=O. The van der Waals surface area contributed by atoms with Crippen molar-refractivity contribution in [1.82, 2.24) is 4.98 Å². The summed E-state index contributed by atoms with van der Waals surface area (Å²) < 4.78 is 0. The number of phenols is 2. The minimum Gasteiger partial charge on any atom is -0.506 e. The van der Waals surface area contributed by atoms with E-state index in [1.54, 1.807) is 6.92 Å².